The van der Waals surface area contributed by atoms with E-state index < -0.39 is 24.4 Å². The average Bonchev–Trinajstić information content (AvgIpc) is 3.14. The maximum absolute atomic E-state index is 12.3. The largest absolute Gasteiger partial charge is 0.508 e. The van der Waals surface area contributed by atoms with Gasteiger partial charge in [-0.05, 0) is 18.2 Å². The van der Waals surface area contributed by atoms with Gasteiger partial charge in [0, 0.05) is 23.2 Å². The van der Waals surface area contributed by atoms with Gasteiger partial charge in [-0.3, -0.25) is 9.59 Å². The standard InChI is InChI=1S/C15H12N4O5S/c20-9-2-1-8(11(21)6-9)5-10-13(23)19(15(24)17-10)7-12(22)18-14-16-3-4-25-14/h1-6,20-21H,7H2,(H,17,24)(H,16,18,22)/b10-5-. The van der Waals surface area contributed by atoms with Gasteiger partial charge in [0.2, 0.25) is 5.91 Å². The summed E-state index contributed by atoms with van der Waals surface area (Å²) in [6, 6.07) is 3.07. The molecular weight excluding hydrogens is 348 g/mol. The number of aromatic nitrogens is 1. The monoisotopic (exact) mass is 360 g/mol. The van der Waals surface area contributed by atoms with E-state index in [4.69, 9.17) is 0 Å². The van der Waals surface area contributed by atoms with Crippen molar-refractivity contribution in [3.8, 4) is 11.5 Å². The topological polar surface area (TPSA) is 132 Å². The van der Waals surface area contributed by atoms with Crippen LogP contribution in [0.2, 0.25) is 0 Å². The van der Waals surface area contributed by atoms with Crippen LogP contribution in [0.25, 0.3) is 6.08 Å². The SMILES string of the molecule is O=C(CN1C(=O)N/C(=C\c2ccc(O)cc2O)C1=O)Nc1nccs1. The molecule has 0 saturated carbocycles. The zero-order chi connectivity index (χ0) is 18.0. The molecule has 1 saturated heterocycles. The van der Waals surface area contributed by atoms with Crippen LogP contribution in [-0.2, 0) is 9.59 Å². The van der Waals surface area contributed by atoms with Crippen molar-refractivity contribution in [2.24, 2.45) is 0 Å². The Morgan fingerprint density at radius 2 is 2.16 bits per heavy atom. The fourth-order valence-electron chi connectivity index (χ4n) is 2.11. The number of anilines is 1. The normalized spacial score (nSPS) is 15.5. The van der Waals surface area contributed by atoms with Crippen LogP contribution < -0.4 is 10.6 Å². The Labute approximate surface area is 145 Å². The van der Waals surface area contributed by atoms with Gasteiger partial charge in [-0.15, -0.1) is 11.3 Å². The Balaban J connectivity index is 1.73. The highest BCUT2D eigenvalue weighted by atomic mass is 32.1. The molecule has 1 aliphatic heterocycles. The van der Waals surface area contributed by atoms with E-state index in [1.165, 1.54) is 35.7 Å². The predicted octanol–water partition coefficient (Wildman–Crippen LogP) is 1.09. The number of imide groups is 1. The second-order valence-electron chi connectivity index (χ2n) is 5.01. The Bertz CT molecular complexity index is 878. The number of nitrogens with one attached hydrogen (secondary N) is 2. The molecular formula is C15H12N4O5S. The van der Waals surface area contributed by atoms with Crippen LogP contribution >= 0.6 is 11.3 Å². The number of rotatable bonds is 4. The molecule has 0 aliphatic carbocycles. The van der Waals surface area contributed by atoms with Crippen LogP contribution in [0, 0.1) is 0 Å². The molecule has 1 aliphatic rings. The van der Waals surface area contributed by atoms with E-state index in [1.54, 1.807) is 5.38 Å². The van der Waals surface area contributed by atoms with Crippen LogP contribution in [0.4, 0.5) is 9.93 Å². The summed E-state index contributed by atoms with van der Waals surface area (Å²) in [5, 5.41) is 25.9. The lowest BCUT2D eigenvalue weighted by Crippen LogP contribution is -2.38. The molecule has 4 amide bonds. The van der Waals surface area contributed by atoms with Gasteiger partial charge >= 0.3 is 6.03 Å². The lowest BCUT2D eigenvalue weighted by Gasteiger charge is -2.10. The molecule has 0 bridgehead atoms. The van der Waals surface area contributed by atoms with E-state index in [0.29, 0.717) is 5.13 Å². The van der Waals surface area contributed by atoms with Crippen molar-refractivity contribution in [2.45, 2.75) is 0 Å². The van der Waals surface area contributed by atoms with Gasteiger partial charge in [0.1, 0.15) is 23.7 Å². The number of hydrogen-bond acceptors (Lipinski definition) is 7. The first-order valence-electron chi connectivity index (χ1n) is 7.00. The number of thiazole rings is 1. The number of carbonyl (C=O) groups excluding carboxylic acids is 3. The molecule has 0 radical (unpaired) electrons. The maximum atomic E-state index is 12.3. The highest BCUT2D eigenvalue weighted by molar-refractivity contribution is 7.13. The molecule has 0 spiro atoms. The highest BCUT2D eigenvalue weighted by Gasteiger charge is 2.35. The molecule has 2 aromatic rings. The molecule has 1 fully saturated rings. The van der Waals surface area contributed by atoms with Crippen LogP contribution in [0.15, 0.2) is 35.5 Å². The molecule has 1 aromatic carbocycles. The number of aromatic hydroxyl groups is 2. The number of amides is 4. The van der Waals surface area contributed by atoms with E-state index in [0.717, 1.165) is 11.0 Å². The fraction of sp³-hybridized carbons (Fsp3) is 0.0667. The van der Waals surface area contributed by atoms with Crippen molar-refractivity contribution in [2.75, 3.05) is 11.9 Å². The van der Waals surface area contributed by atoms with Crippen molar-refractivity contribution in [3.63, 3.8) is 0 Å². The summed E-state index contributed by atoms with van der Waals surface area (Å²) < 4.78 is 0. The second kappa shape index (κ2) is 6.61. The molecule has 25 heavy (non-hydrogen) atoms. The van der Waals surface area contributed by atoms with Crippen molar-refractivity contribution in [1.82, 2.24) is 15.2 Å². The Kier molecular flexibility index (Phi) is 4.35. The van der Waals surface area contributed by atoms with Crippen molar-refractivity contribution in [3.05, 3.63) is 41.0 Å². The van der Waals surface area contributed by atoms with Crippen molar-refractivity contribution >= 4 is 40.4 Å². The molecule has 0 atom stereocenters. The van der Waals surface area contributed by atoms with Gasteiger partial charge in [0.15, 0.2) is 5.13 Å². The third-order valence-corrected chi connectivity index (χ3v) is 3.95. The molecule has 9 nitrogen and oxygen atoms in total. The summed E-state index contributed by atoms with van der Waals surface area (Å²) in [6.45, 7) is -0.469. The molecule has 4 N–H and O–H groups in total. The quantitative estimate of drug-likeness (QED) is 0.477. The zero-order valence-corrected chi connectivity index (χ0v) is 13.4. The number of phenols is 2. The smallest absolute Gasteiger partial charge is 0.329 e. The molecule has 128 valence electrons. The number of benzene rings is 1. The van der Waals surface area contributed by atoms with Crippen LogP contribution in [0.5, 0.6) is 11.5 Å². The van der Waals surface area contributed by atoms with Crippen LogP contribution in [0.1, 0.15) is 5.56 Å². The molecule has 10 heteroatoms. The summed E-state index contributed by atoms with van der Waals surface area (Å²) in [4.78, 5) is 40.7. The van der Waals surface area contributed by atoms with Crippen molar-refractivity contribution in [1.29, 1.82) is 0 Å². The average molecular weight is 360 g/mol. The molecule has 2 heterocycles. The number of urea groups is 1. The van der Waals surface area contributed by atoms with E-state index in [1.807, 2.05) is 0 Å². The van der Waals surface area contributed by atoms with Gasteiger partial charge in [-0.25, -0.2) is 14.7 Å². The van der Waals surface area contributed by atoms with Crippen molar-refractivity contribution < 1.29 is 24.6 Å². The Morgan fingerprint density at radius 3 is 2.84 bits per heavy atom. The first-order chi connectivity index (χ1) is 11.9. The lowest BCUT2D eigenvalue weighted by atomic mass is 10.1. The zero-order valence-electron chi connectivity index (χ0n) is 12.6. The number of hydrogen-bond donors (Lipinski definition) is 4. The lowest BCUT2D eigenvalue weighted by molar-refractivity contribution is -0.127. The van der Waals surface area contributed by atoms with E-state index in [9.17, 15) is 24.6 Å². The number of nitrogens with zero attached hydrogens (tertiary/aromatic N) is 2. The third kappa shape index (κ3) is 3.58. The molecule has 1 aromatic heterocycles. The van der Waals surface area contributed by atoms with E-state index in [2.05, 4.69) is 15.6 Å². The minimum absolute atomic E-state index is 0.0898. The number of phenolic OH excluding ortho intramolecular Hbond substituents is 2. The summed E-state index contributed by atoms with van der Waals surface area (Å²) in [7, 11) is 0. The minimum atomic E-state index is -0.746. The summed E-state index contributed by atoms with van der Waals surface area (Å²) in [6.07, 6.45) is 2.77. The Morgan fingerprint density at radius 1 is 1.36 bits per heavy atom. The first kappa shape index (κ1) is 16.5. The van der Waals surface area contributed by atoms with Crippen LogP contribution in [-0.4, -0.2) is 44.5 Å². The summed E-state index contributed by atoms with van der Waals surface area (Å²) in [5.41, 5.74) is 0.142. The van der Waals surface area contributed by atoms with Gasteiger partial charge in [0.25, 0.3) is 5.91 Å². The Hall–Kier alpha value is -3.40. The van der Waals surface area contributed by atoms with Crippen LogP contribution in [0.3, 0.4) is 0 Å². The minimum Gasteiger partial charge on any atom is -0.508 e. The number of carbonyl (C=O) groups is 3. The van der Waals surface area contributed by atoms with E-state index >= 15 is 0 Å². The molecule has 0 unspecified atom stereocenters. The fourth-order valence-corrected chi connectivity index (χ4v) is 2.66. The second-order valence-corrected chi connectivity index (χ2v) is 5.90. The first-order valence-corrected chi connectivity index (χ1v) is 7.88. The predicted molar refractivity (Wildman–Crippen MR) is 88.7 cm³/mol. The van der Waals surface area contributed by atoms with Gasteiger partial charge in [0.05, 0.1) is 0 Å². The maximum Gasteiger partial charge on any atom is 0.329 e. The van der Waals surface area contributed by atoms with Gasteiger partial charge in [-0.1, -0.05) is 0 Å². The van der Waals surface area contributed by atoms with E-state index in [-0.39, 0.29) is 22.8 Å². The third-order valence-electron chi connectivity index (χ3n) is 3.26. The van der Waals surface area contributed by atoms with Gasteiger partial charge < -0.3 is 20.8 Å². The summed E-state index contributed by atoms with van der Waals surface area (Å²) >= 11 is 1.21. The van der Waals surface area contributed by atoms with Gasteiger partial charge in [-0.2, -0.15) is 0 Å². The summed E-state index contributed by atoms with van der Waals surface area (Å²) in [5.74, 6) is -1.66. The molecule has 3 rings (SSSR count). The highest BCUT2D eigenvalue weighted by Crippen LogP contribution is 2.25.